The SMILES string of the molecule is CC1C=Cc2nn(C)nc2C=C1. The van der Waals surface area contributed by atoms with Crippen LogP contribution in [0.15, 0.2) is 12.2 Å². The highest BCUT2D eigenvalue weighted by molar-refractivity contribution is 5.61. The van der Waals surface area contributed by atoms with Gasteiger partial charge in [0.25, 0.3) is 0 Å². The number of aryl methyl sites for hydroxylation is 1. The average molecular weight is 161 g/mol. The summed E-state index contributed by atoms with van der Waals surface area (Å²) in [7, 11) is 1.83. The fourth-order valence-corrected chi connectivity index (χ4v) is 1.22. The second-order valence-corrected chi connectivity index (χ2v) is 3.04. The van der Waals surface area contributed by atoms with E-state index in [1.807, 2.05) is 19.2 Å². The highest BCUT2D eigenvalue weighted by atomic mass is 15.5. The van der Waals surface area contributed by atoms with E-state index in [2.05, 4.69) is 29.3 Å². The summed E-state index contributed by atoms with van der Waals surface area (Å²) in [4.78, 5) is 1.59. The molecule has 2 rings (SSSR count). The molecule has 1 heterocycles. The first-order chi connectivity index (χ1) is 5.75. The van der Waals surface area contributed by atoms with Gasteiger partial charge in [0.2, 0.25) is 0 Å². The zero-order valence-electron chi connectivity index (χ0n) is 7.23. The van der Waals surface area contributed by atoms with Crippen molar-refractivity contribution in [1.29, 1.82) is 0 Å². The molecule has 0 atom stereocenters. The summed E-state index contributed by atoms with van der Waals surface area (Å²) in [6.45, 7) is 2.14. The summed E-state index contributed by atoms with van der Waals surface area (Å²) in [5.41, 5.74) is 1.91. The quantitative estimate of drug-likeness (QED) is 0.577. The number of rotatable bonds is 0. The summed E-state index contributed by atoms with van der Waals surface area (Å²) in [6.07, 6.45) is 8.29. The van der Waals surface area contributed by atoms with Crippen LogP contribution in [0.1, 0.15) is 18.3 Å². The predicted molar refractivity (Wildman–Crippen MR) is 48.2 cm³/mol. The molecule has 0 saturated carbocycles. The molecule has 3 nitrogen and oxygen atoms in total. The molecule has 0 amide bonds. The summed E-state index contributed by atoms with van der Waals surface area (Å²) < 4.78 is 0. The molecule has 0 fully saturated rings. The van der Waals surface area contributed by atoms with E-state index >= 15 is 0 Å². The van der Waals surface area contributed by atoms with Gasteiger partial charge in [0, 0.05) is 7.05 Å². The van der Waals surface area contributed by atoms with E-state index in [1.54, 1.807) is 4.80 Å². The molecule has 0 bridgehead atoms. The number of hydrogen-bond acceptors (Lipinski definition) is 2. The van der Waals surface area contributed by atoms with Crippen molar-refractivity contribution >= 4 is 12.2 Å². The van der Waals surface area contributed by atoms with Crippen LogP contribution in [0.25, 0.3) is 12.2 Å². The first-order valence-corrected chi connectivity index (χ1v) is 4.03. The molecule has 0 saturated heterocycles. The first kappa shape index (κ1) is 7.28. The van der Waals surface area contributed by atoms with E-state index in [0.29, 0.717) is 5.92 Å². The van der Waals surface area contributed by atoms with Crippen molar-refractivity contribution in [3.8, 4) is 0 Å². The third kappa shape index (κ3) is 1.18. The molecule has 0 N–H and O–H groups in total. The molecule has 0 spiro atoms. The van der Waals surface area contributed by atoms with Gasteiger partial charge in [-0.15, -0.1) is 0 Å². The zero-order chi connectivity index (χ0) is 8.55. The maximum absolute atomic E-state index is 4.21. The van der Waals surface area contributed by atoms with Crippen molar-refractivity contribution < 1.29 is 0 Å². The molecule has 0 aromatic carbocycles. The van der Waals surface area contributed by atoms with E-state index in [-0.39, 0.29) is 0 Å². The zero-order valence-corrected chi connectivity index (χ0v) is 7.23. The number of hydrogen-bond donors (Lipinski definition) is 0. The van der Waals surface area contributed by atoms with Crippen molar-refractivity contribution in [2.45, 2.75) is 6.92 Å². The van der Waals surface area contributed by atoms with Crippen molar-refractivity contribution in [1.82, 2.24) is 15.0 Å². The van der Waals surface area contributed by atoms with E-state index in [4.69, 9.17) is 0 Å². The van der Waals surface area contributed by atoms with Crippen LogP contribution >= 0.6 is 0 Å². The Bertz CT molecular complexity index is 315. The summed E-state index contributed by atoms with van der Waals surface area (Å²) >= 11 is 0. The smallest absolute Gasteiger partial charge is 0.112 e. The molecule has 1 aromatic heterocycles. The van der Waals surface area contributed by atoms with Gasteiger partial charge in [-0.2, -0.15) is 15.0 Å². The predicted octanol–water partition coefficient (Wildman–Crippen LogP) is 1.49. The van der Waals surface area contributed by atoms with Crippen LogP contribution in [0.4, 0.5) is 0 Å². The second kappa shape index (κ2) is 2.59. The molecule has 0 aliphatic heterocycles. The van der Waals surface area contributed by atoms with Crippen molar-refractivity contribution in [3.05, 3.63) is 23.5 Å². The van der Waals surface area contributed by atoms with Gasteiger partial charge in [-0.25, -0.2) is 0 Å². The van der Waals surface area contributed by atoms with Gasteiger partial charge in [-0.3, -0.25) is 0 Å². The van der Waals surface area contributed by atoms with Gasteiger partial charge in [0.15, 0.2) is 0 Å². The lowest BCUT2D eigenvalue weighted by atomic mass is 10.2. The highest BCUT2D eigenvalue weighted by Crippen LogP contribution is 2.15. The van der Waals surface area contributed by atoms with Crippen LogP contribution in [0.3, 0.4) is 0 Å². The van der Waals surface area contributed by atoms with Gasteiger partial charge in [-0.1, -0.05) is 19.1 Å². The third-order valence-electron chi connectivity index (χ3n) is 1.88. The van der Waals surface area contributed by atoms with Crippen LogP contribution in [-0.2, 0) is 7.05 Å². The molecule has 62 valence electrons. The van der Waals surface area contributed by atoms with E-state index < -0.39 is 0 Å². The van der Waals surface area contributed by atoms with Crippen LogP contribution in [0, 0.1) is 5.92 Å². The third-order valence-corrected chi connectivity index (χ3v) is 1.88. The molecule has 0 unspecified atom stereocenters. The van der Waals surface area contributed by atoms with E-state index in [0.717, 1.165) is 11.4 Å². The number of nitrogens with zero attached hydrogens (tertiary/aromatic N) is 3. The van der Waals surface area contributed by atoms with E-state index in [1.165, 1.54) is 0 Å². The van der Waals surface area contributed by atoms with Crippen molar-refractivity contribution in [3.63, 3.8) is 0 Å². The van der Waals surface area contributed by atoms with Gasteiger partial charge < -0.3 is 0 Å². The van der Waals surface area contributed by atoms with Gasteiger partial charge in [0.05, 0.1) is 0 Å². The summed E-state index contributed by atoms with van der Waals surface area (Å²) in [5.74, 6) is 0.478. The van der Waals surface area contributed by atoms with Crippen molar-refractivity contribution in [2.75, 3.05) is 0 Å². The fourth-order valence-electron chi connectivity index (χ4n) is 1.22. The normalized spacial score (nSPS) is 16.2. The molecule has 1 aliphatic rings. The van der Waals surface area contributed by atoms with Gasteiger partial charge in [0.1, 0.15) is 11.4 Å². The highest BCUT2D eigenvalue weighted by Gasteiger charge is 2.06. The second-order valence-electron chi connectivity index (χ2n) is 3.04. The topological polar surface area (TPSA) is 30.7 Å². The Morgan fingerprint density at radius 3 is 2.17 bits per heavy atom. The Morgan fingerprint density at radius 2 is 1.67 bits per heavy atom. The number of fused-ring (bicyclic) bond motifs is 1. The molecule has 3 heteroatoms. The Labute approximate surface area is 71.4 Å². The molecule has 1 aliphatic carbocycles. The van der Waals surface area contributed by atoms with Crippen LogP contribution in [0.5, 0.6) is 0 Å². The Balaban J connectivity index is 2.49. The van der Waals surface area contributed by atoms with Gasteiger partial charge in [-0.05, 0) is 18.1 Å². The Morgan fingerprint density at radius 1 is 1.17 bits per heavy atom. The van der Waals surface area contributed by atoms with Crippen LogP contribution in [-0.4, -0.2) is 15.0 Å². The molecular weight excluding hydrogens is 150 g/mol. The Hall–Kier alpha value is -1.38. The monoisotopic (exact) mass is 161 g/mol. The lowest BCUT2D eigenvalue weighted by molar-refractivity contribution is 0.651. The lowest BCUT2D eigenvalue weighted by Gasteiger charge is -1.91. The number of aromatic nitrogens is 3. The lowest BCUT2D eigenvalue weighted by Crippen LogP contribution is -1.92. The average Bonchev–Trinajstić information content (AvgIpc) is 2.31. The molecule has 1 aromatic rings. The first-order valence-electron chi connectivity index (χ1n) is 4.03. The molecular formula is C9H11N3. The fraction of sp³-hybridized carbons (Fsp3) is 0.333. The largest absolute Gasteiger partial charge is 0.187 e. The minimum atomic E-state index is 0.478. The molecule has 12 heavy (non-hydrogen) atoms. The van der Waals surface area contributed by atoms with Crippen molar-refractivity contribution in [2.24, 2.45) is 13.0 Å². The van der Waals surface area contributed by atoms with Gasteiger partial charge >= 0.3 is 0 Å². The van der Waals surface area contributed by atoms with Crippen LogP contribution in [0.2, 0.25) is 0 Å². The minimum absolute atomic E-state index is 0.478. The maximum atomic E-state index is 4.21. The number of allylic oxidation sites excluding steroid dienone is 2. The van der Waals surface area contributed by atoms with E-state index in [9.17, 15) is 0 Å². The standard InChI is InChI=1S/C9H11N3/c1-7-3-5-8-9(6-4-7)11-12(2)10-8/h3-7H,1-2H3. The van der Waals surface area contributed by atoms with Crippen LogP contribution < -0.4 is 0 Å². The minimum Gasteiger partial charge on any atom is -0.187 e. The summed E-state index contributed by atoms with van der Waals surface area (Å²) in [6, 6.07) is 0. The summed E-state index contributed by atoms with van der Waals surface area (Å²) in [5, 5.41) is 8.43. The maximum Gasteiger partial charge on any atom is 0.112 e. The Kier molecular flexibility index (Phi) is 1.57. The molecule has 0 radical (unpaired) electrons.